The smallest absolute Gasteiger partial charge is 0.269 e. The van der Waals surface area contributed by atoms with Gasteiger partial charge in [-0.2, -0.15) is 0 Å². The Morgan fingerprint density at radius 1 is 1.33 bits per heavy atom. The number of benzene rings is 1. The fourth-order valence-corrected chi connectivity index (χ4v) is 2.23. The minimum absolute atomic E-state index is 0.0963. The molecule has 0 aliphatic carbocycles. The Bertz CT molecular complexity index is 408. The predicted octanol–water partition coefficient (Wildman–Crippen LogP) is 1.85. The number of nitrogens with zero attached hydrogens (tertiary/aromatic N) is 1. The van der Waals surface area contributed by atoms with Crippen LogP contribution in [0.5, 0.6) is 0 Å². The Morgan fingerprint density at radius 2 is 2.00 bits per heavy atom. The van der Waals surface area contributed by atoms with Gasteiger partial charge >= 0.3 is 0 Å². The molecule has 0 unspecified atom stereocenters. The van der Waals surface area contributed by atoms with Crippen molar-refractivity contribution in [1.82, 2.24) is 5.43 Å². The first-order valence-corrected chi connectivity index (χ1v) is 6.48. The number of non-ortho nitro benzene ring substituents is 1. The lowest BCUT2D eigenvalue weighted by Crippen LogP contribution is -2.29. The zero-order valence-corrected chi connectivity index (χ0v) is 10.6. The molecule has 1 aromatic carbocycles. The van der Waals surface area contributed by atoms with Crippen LogP contribution in [0.3, 0.4) is 0 Å². The third-order valence-corrected chi connectivity index (χ3v) is 3.37. The third kappa shape index (κ3) is 5.15. The van der Waals surface area contributed by atoms with Gasteiger partial charge in [-0.3, -0.25) is 20.3 Å². The highest BCUT2D eigenvalue weighted by Gasteiger charge is 2.04. The second-order valence-corrected chi connectivity index (χ2v) is 4.79. The molecule has 1 rings (SSSR count). The van der Waals surface area contributed by atoms with Gasteiger partial charge in [0, 0.05) is 23.4 Å². The number of amides is 1. The van der Waals surface area contributed by atoms with Crippen LogP contribution in [0.2, 0.25) is 0 Å². The summed E-state index contributed by atoms with van der Waals surface area (Å²) in [6.45, 7) is 0. The van der Waals surface area contributed by atoms with Gasteiger partial charge < -0.3 is 0 Å². The second-order valence-electron chi connectivity index (χ2n) is 3.62. The molecule has 0 radical (unpaired) electrons. The van der Waals surface area contributed by atoms with E-state index in [0.717, 1.165) is 23.5 Å². The van der Waals surface area contributed by atoms with E-state index in [0.29, 0.717) is 6.42 Å². The van der Waals surface area contributed by atoms with Crippen molar-refractivity contribution < 1.29 is 9.72 Å². The molecular formula is C11H15N3O3S. The first-order valence-electron chi connectivity index (χ1n) is 5.50. The molecule has 0 aliphatic rings. The van der Waals surface area contributed by atoms with Crippen LogP contribution in [0.4, 0.5) is 5.69 Å². The zero-order chi connectivity index (χ0) is 13.4. The number of hydrazine groups is 1. The van der Waals surface area contributed by atoms with Gasteiger partial charge in [-0.15, -0.1) is 11.8 Å². The molecule has 7 heteroatoms. The summed E-state index contributed by atoms with van der Waals surface area (Å²) in [6.07, 6.45) is 2.11. The summed E-state index contributed by atoms with van der Waals surface area (Å²) in [4.78, 5) is 21.9. The van der Waals surface area contributed by atoms with Crippen molar-refractivity contribution in [3.05, 3.63) is 34.4 Å². The van der Waals surface area contributed by atoms with E-state index >= 15 is 0 Å². The van der Waals surface area contributed by atoms with Gasteiger partial charge in [0.05, 0.1) is 4.92 Å². The number of nitrogens with two attached hydrogens (primary N) is 1. The van der Waals surface area contributed by atoms with Crippen LogP contribution in [-0.2, 0) is 4.79 Å². The lowest BCUT2D eigenvalue weighted by atomic mass is 10.2. The summed E-state index contributed by atoms with van der Waals surface area (Å²) in [5, 5.41) is 10.5. The van der Waals surface area contributed by atoms with Crippen LogP contribution in [0, 0.1) is 10.1 Å². The molecule has 0 aromatic heterocycles. The van der Waals surface area contributed by atoms with Gasteiger partial charge in [0.25, 0.3) is 5.69 Å². The highest BCUT2D eigenvalue weighted by atomic mass is 32.2. The quantitative estimate of drug-likeness (QED) is 0.196. The molecule has 0 saturated carbocycles. The molecule has 0 spiro atoms. The monoisotopic (exact) mass is 269 g/mol. The Morgan fingerprint density at radius 3 is 2.56 bits per heavy atom. The topological polar surface area (TPSA) is 98.3 Å². The zero-order valence-electron chi connectivity index (χ0n) is 9.80. The average Bonchev–Trinajstić information content (AvgIpc) is 2.38. The fourth-order valence-electron chi connectivity index (χ4n) is 1.31. The largest absolute Gasteiger partial charge is 0.294 e. The summed E-state index contributed by atoms with van der Waals surface area (Å²) in [5.74, 6) is 5.67. The molecule has 0 heterocycles. The first kappa shape index (κ1) is 14.5. The van der Waals surface area contributed by atoms with Gasteiger partial charge in [0.1, 0.15) is 0 Å². The van der Waals surface area contributed by atoms with Crippen LogP contribution in [-0.4, -0.2) is 16.6 Å². The number of carbonyl (C=O) groups is 1. The first-order chi connectivity index (χ1) is 8.63. The summed E-state index contributed by atoms with van der Waals surface area (Å²) in [5.41, 5.74) is 2.18. The van der Waals surface area contributed by atoms with E-state index in [4.69, 9.17) is 5.84 Å². The van der Waals surface area contributed by atoms with Crippen molar-refractivity contribution in [3.8, 4) is 0 Å². The molecule has 1 amide bonds. The van der Waals surface area contributed by atoms with Gasteiger partial charge in [0.2, 0.25) is 5.91 Å². The summed E-state index contributed by atoms with van der Waals surface area (Å²) >= 11 is 1.61. The van der Waals surface area contributed by atoms with E-state index in [1.807, 2.05) is 0 Å². The van der Waals surface area contributed by atoms with E-state index in [9.17, 15) is 14.9 Å². The Labute approximate surface area is 109 Å². The van der Waals surface area contributed by atoms with Crippen molar-refractivity contribution in [2.75, 3.05) is 5.75 Å². The van der Waals surface area contributed by atoms with E-state index in [-0.39, 0.29) is 11.6 Å². The van der Waals surface area contributed by atoms with E-state index < -0.39 is 4.92 Å². The molecule has 1 aromatic rings. The van der Waals surface area contributed by atoms with Gasteiger partial charge in [-0.25, -0.2) is 5.84 Å². The normalized spacial score (nSPS) is 10.1. The van der Waals surface area contributed by atoms with Gasteiger partial charge in [-0.1, -0.05) is 0 Å². The molecule has 0 atom stereocenters. The van der Waals surface area contributed by atoms with Crippen molar-refractivity contribution >= 4 is 23.4 Å². The lowest BCUT2D eigenvalue weighted by molar-refractivity contribution is -0.384. The Hall–Kier alpha value is -1.60. The molecule has 0 bridgehead atoms. The van der Waals surface area contributed by atoms with Crippen molar-refractivity contribution in [2.45, 2.75) is 24.2 Å². The SMILES string of the molecule is NNC(=O)CCCCSc1ccc([N+](=O)[O-])cc1. The standard InChI is InChI=1S/C11H15N3O3S/c12-13-11(15)3-1-2-8-18-10-6-4-9(5-7-10)14(16)17/h4-7H,1-3,8,12H2,(H,13,15). The van der Waals surface area contributed by atoms with E-state index in [1.54, 1.807) is 23.9 Å². The number of hydrogen-bond donors (Lipinski definition) is 2. The number of nitrogens with one attached hydrogen (secondary N) is 1. The summed E-state index contributed by atoms with van der Waals surface area (Å²) in [6, 6.07) is 6.44. The van der Waals surface area contributed by atoms with Crippen LogP contribution in [0.25, 0.3) is 0 Å². The number of hydrogen-bond acceptors (Lipinski definition) is 5. The minimum atomic E-state index is -0.417. The molecular weight excluding hydrogens is 254 g/mol. The maximum Gasteiger partial charge on any atom is 0.269 e. The molecule has 98 valence electrons. The fraction of sp³-hybridized carbons (Fsp3) is 0.364. The average molecular weight is 269 g/mol. The molecule has 0 fully saturated rings. The van der Waals surface area contributed by atoms with Crippen LogP contribution < -0.4 is 11.3 Å². The Balaban J connectivity index is 2.23. The molecule has 0 aliphatic heterocycles. The van der Waals surface area contributed by atoms with Crippen LogP contribution in [0.1, 0.15) is 19.3 Å². The van der Waals surface area contributed by atoms with Crippen LogP contribution in [0.15, 0.2) is 29.2 Å². The number of nitro benzene ring substituents is 1. The minimum Gasteiger partial charge on any atom is -0.294 e. The number of carbonyl (C=O) groups excluding carboxylic acids is 1. The predicted molar refractivity (Wildman–Crippen MR) is 70.0 cm³/mol. The summed E-state index contributed by atoms with van der Waals surface area (Å²) < 4.78 is 0. The highest BCUT2D eigenvalue weighted by Crippen LogP contribution is 2.22. The molecule has 0 saturated heterocycles. The third-order valence-electron chi connectivity index (χ3n) is 2.28. The van der Waals surface area contributed by atoms with Crippen molar-refractivity contribution in [2.24, 2.45) is 5.84 Å². The van der Waals surface area contributed by atoms with Crippen molar-refractivity contribution in [1.29, 1.82) is 0 Å². The molecule has 3 N–H and O–H groups in total. The summed E-state index contributed by atoms with van der Waals surface area (Å²) in [7, 11) is 0. The van der Waals surface area contributed by atoms with Crippen molar-refractivity contribution in [3.63, 3.8) is 0 Å². The van der Waals surface area contributed by atoms with Gasteiger partial charge in [0.15, 0.2) is 0 Å². The Kier molecular flexibility index (Phi) is 6.16. The number of unbranched alkanes of at least 4 members (excludes halogenated alkanes) is 1. The number of rotatable bonds is 7. The van der Waals surface area contributed by atoms with Crippen LogP contribution >= 0.6 is 11.8 Å². The molecule has 18 heavy (non-hydrogen) atoms. The number of nitro groups is 1. The highest BCUT2D eigenvalue weighted by molar-refractivity contribution is 7.99. The maximum atomic E-state index is 10.8. The molecule has 6 nitrogen and oxygen atoms in total. The van der Waals surface area contributed by atoms with Gasteiger partial charge in [-0.05, 0) is 30.7 Å². The van der Waals surface area contributed by atoms with E-state index in [2.05, 4.69) is 5.43 Å². The second kappa shape index (κ2) is 7.67. The lowest BCUT2D eigenvalue weighted by Gasteiger charge is -2.01. The van der Waals surface area contributed by atoms with E-state index in [1.165, 1.54) is 12.1 Å². The maximum absolute atomic E-state index is 10.8. The number of thioether (sulfide) groups is 1.